The standard InChI is InChI=1S/C14H22N2O2/c1-4-12-7-5-6-8-13(12)18-10-16-14(17)15-9-11(2)3/h5-8,11H,4,9-10H2,1-3H3,(H2,15,16,17). The summed E-state index contributed by atoms with van der Waals surface area (Å²) in [6.07, 6.45) is 0.912. The zero-order chi connectivity index (χ0) is 13.4. The van der Waals surface area contributed by atoms with Crippen molar-refractivity contribution in [2.75, 3.05) is 13.3 Å². The predicted octanol–water partition coefficient (Wildman–Crippen LogP) is 2.54. The van der Waals surface area contributed by atoms with Crippen LogP contribution in [0.4, 0.5) is 4.79 Å². The summed E-state index contributed by atoms with van der Waals surface area (Å²) < 4.78 is 5.53. The molecule has 0 aromatic heterocycles. The van der Waals surface area contributed by atoms with Crippen LogP contribution in [0.1, 0.15) is 26.3 Å². The normalized spacial score (nSPS) is 10.2. The molecule has 2 N–H and O–H groups in total. The molecule has 0 bridgehead atoms. The summed E-state index contributed by atoms with van der Waals surface area (Å²) in [6, 6.07) is 7.64. The van der Waals surface area contributed by atoms with Crippen LogP contribution in [0.25, 0.3) is 0 Å². The second kappa shape index (κ2) is 7.58. The van der Waals surface area contributed by atoms with Gasteiger partial charge in [-0.3, -0.25) is 0 Å². The number of nitrogens with one attached hydrogen (secondary N) is 2. The molecule has 0 saturated carbocycles. The van der Waals surface area contributed by atoms with Crippen LogP contribution in [0.3, 0.4) is 0 Å². The number of urea groups is 1. The van der Waals surface area contributed by atoms with E-state index in [1.165, 1.54) is 0 Å². The Morgan fingerprint density at radius 2 is 2.00 bits per heavy atom. The van der Waals surface area contributed by atoms with E-state index >= 15 is 0 Å². The summed E-state index contributed by atoms with van der Waals surface area (Å²) in [5.41, 5.74) is 1.14. The fraction of sp³-hybridized carbons (Fsp3) is 0.500. The number of carbonyl (C=O) groups excluding carboxylic acids is 1. The molecule has 4 nitrogen and oxygen atoms in total. The van der Waals surface area contributed by atoms with Gasteiger partial charge in [0.25, 0.3) is 0 Å². The minimum Gasteiger partial charge on any atom is -0.473 e. The Labute approximate surface area is 109 Å². The molecule has 2 amide bonds. The highest BCUT2D eigenvalue weighted by molar-refractivity contribution is 5.73. The van der Waals surface area contributed by atoms with Gasteiger partial charge in [0, 0.05) is 6.54 Å². The van der Waals surface area contributed by atoms with E-state index in [1.807, 2.05) is 38.1 Å². The van der Waals surface area contributed by atoms with Gasteiger partial charge < -0.3 is 15.4 Å². The smallest absolute Gasteiger partial charge is 0.317 e. The van der Waals surface area contributed by atoms with Gasteiger partial charge in [0.1, 0.15) is 5.75 Å². The quantitative estimate of drug-likeness (QED) is 0.762. The molecule has 0 atom stereocenters. The molecule has 4 heteroatoms. The van der Waals surface area contributed by atoms with Crippen molar-refractivity contribution in [2.24, 2.45) is 5.92 Å². The first-order valence-electron chi connectivity index (χ1n) is 6.35. The Hall–Kier alpha value is -1.71. The molecule has 0 spiro atoms. The summed E-state index contributed by atoms with van der Waals surface area (Å²) in [4.78, 5) is 11.4. The van der Waals surface area contributed by atoms with Crippen molar-refractivity contribution in [3.63, 3.8) is 0 Å². The van der Waals surface area contributed by atoms with Gasteiger partial charge in [0.2, 0.25) is 0 Å². The second-order valence-electron chi connectivity index (χ2n) is 4.53. The third kappa shape index (κ3) is 5.08. The van der Waals surface area contributed by atoms with Crippen LogP contribution < -0.4 is 15.4 Å². The third-order valence-corrected chi connectivity index (χ3v) is 2.48. The Bertz CT molecular complexity index is 378. The van der Waals surface area contributed by atoms with Gasteiger partial charge in [-0.15, -0.1) is 0 Å². The number of amides is 2. The van der Waals surface area contributed by atoms with Crippen molar-refractivity contribution in [2.45, 2.75) is 27.2 Å². The summed E-state index contributed by atoms with van der Waals surface area (Å²) in [5.74, 6) is 1.27. The summed E-state index contributed by atoms with van der Waals surface area (Å²) in [5, 5.41) is 5.43. The fourth-order valence-electron chi connectivity index (χ4n) is 1.48. The molecule has 0 aliphatic carbocycles. The van der Waals surface area contributed by atoms with E-state index in [1.54, 1.807) is 0 Å². The molecule has 0 fully saturated rings. The number of ether oxygens (including phenoxy) is 1. The zero-order valence-corrected chi connectivity index (χ0v) is 11.3. The maximum Gasteiger partial charge on any atom is 0.317 e. The van der Waals surface area contributed by atoms with Gasteiger partial charge in [0.05, 0.1) is 0 Å². The van der Waals surface area contributed by atoms with E-state index in [0.29, 0.717) is 12.5 Å². The number of carbonyl (C=O) groups is 1. The average molecular weight is 250 g/mol. The van der Waals surface area contributed by atoms with Crippen LogP contribution in [-0.4, -0.2) is 19.3 Å². The molecule has 18 heavy (non-hydrogen) atoms. The molecule has 100 valence electrons. The van der Waals surface area contributed by atoms with Crippen molar-refractivity contribution in [3.05, 3.63) is 29.8 Å². The summed E-state index contributed by atoms with van der Waals surface area (Å²) in [6.45, 7) is 7.02. The van der Waals surface area contributed by atoms with E-state index in [9.17, 15) is 4.79 Å². The van der Waals surface area contributed by atoms with E-state index in [2.05, 4.69) is 17.6 Å². The van der Waals surface area contributed by atoms with Crippen LogP contribution >= 0.6 is 0 Å². The SMILES string of the molecule is CCc1ccccc1OCNC(=O)NCC(C)C. The van der Waals surface area contributed by atoms with Crippen LogP contribution in [-0.2, 0) is 6.42 Å². The highest BCUT2D eigenvalue weighted by atomic mass is 16.5. The van der Waals surface area contributed by atoms with Gasteiger partial charge in [-0.2, -0.15) is 0 Å². The number of hydrogen-bond donors (Lipinski definition) is 2. The van der Waals surface area contributed by atoms with E-state index in [4.69, 9.17) is 4.74 Å². The first kappa shape index (κ1) is 14.4. The maximum atomic E-state index is 11.4. The lowest BCUT2D eigenvalue weighted by molar-refractivity contribution is 0.222. The molecule has 0 saturated heterocycles. The van der Waals surface area contributed by atoms with Crippen LogP contribution in [0.5, 0.6) is 5.75 Å². The zero-order valence-electron chi connectivity index (χ0n) is 11.3. The highest BCUT2D eigenvalue weighted by Gasteiger charge is 2.03. The molecular weight excluding hydrogens is 228 g/mol. The minimum atomic E-state index is -0.197. The van der Waals surface area contributed by atoms with Crippen molar-refractivity contribution >= 4 is 6.03 Å². The van der Waals surface area contributed by atoms with Crippen molar-refractivity contribution < 1.29 is 9.53 Å². The predicted molar refractivity (Wildman–Crippen MR) is 72.7 cm³/mol. The van der Waals surface area contributed by atoms with E-state index in [-0.39, 0.29) is 12.8 Å². The number of benzene rings is 1. The molecule has 0 aliphatic rings. The molecule has 1 aromatic carbocycles. The fourth-order valence-corrected chi connectivity index (χ4v) is 1.48. The summed E-state index contributed by atoms with van der Waals surface area (Å²) >= 11 is 0. The monoisotopic (exact) mass is 250 g/mol. The van der Waals surface area contributed by atoms with Crippen molar-refractivity contribution in [1.82, 2.24) is 10.6 Å². The molecule has 0 heterocycles. The van der Waals surface area contributed by atoms with Gasteiger partial charge in [-0.1, -0.05) is 39.0 Å². The molecule has 0 radical (unpaired) electrons. The van der Waals surface area contributed by atoms with E-state index < -0.39 is 0 Å². The van der Waals surface area contributed by atoms with Crippen LogP contribution in [0.15, 0.2) is 24.3 Å². The number of aryl methyl sites for hydroxylation is 1. The number of hydrogen-bond acceptors (Lipinski definition) is 2. The lowest BCUT2D eigenvalue weighted by Crippen LogP contribution is -2.39. The summed E-state index contributed by atoms with van der Waals surface area (Å²) in [7, 11) is 0. The van der Waals surface area contributed by atoms with Crippen molar-refractivity contribution in [1.29, 1.82) is 0 Å². The Balaban J connectivity index is 2.31. The van der Waals surface area contributed by atoms with Gasteiger partial charge in [0.15, 0.2) is 6.73 Å². The first-order chi connectivity index (χ1) is 8.63. The molecule has 0 aliphatic heterocycles. The lowest BCUT2D eigenvalue weighted by Gasteiger charge is -2.12. The van der Waals surface area contributed by atoms with E-state index in [0.717, 1.165) is 17.7 Å². The van der Waals surface area contributed by atoms with Gasteiger partial charge >= 0.3 is 6.03 Å². The Kier molecular flexibility index (Phi) is 6.05. The number of rotatable bonds is 6. The van der Waals surface area contributed by atoms with Crippen LogP contribution in [0, 0.1) is 5.92 Å². The Morgan fingerprint density at radius 1 is 1.28 bits per heavy atom. The third-order valence-electron chi connectivity index (χ3n) is 2.48. The topological polar surface area (TPSA) is 50.4 Å². The maximum absolute atomic E-state index is 11.4. The highest BCUT2D eigenvalue weighted by Crippen LogP contribution is 2.17. The average Bonchev–Trinajstić information content (AvgIpc) is 2.37. The van der Waals surface area contributed by atoms with Crippen LogP contribution in [0.2, 0.25) is 0 Å². The largest absolute Gasteiger partial charge is 0.473 e. The molecule has 0 unspecified atom stereocenters. The molecule has 1 aromatic rings. The second-order valence-corrected chi connectivity index (χ2v) is 4.53. The first-order valence-corrected chi connectivity index (χ1v) is 6.35. The number of para-hydroxylation sites is 1. The van der Waals surface area contributed by atoms with Crippen molar-refractivity contribution in [3.8, 4) is 5.75 Å². The lowest BCUT2D eigenvalue weighted by atomic mass is 10.1. The molecular formula is C14H22N2O2. The Morgan fingerprint density at radius 3 is 2.67 bits per heavy atom. The van der Waals surface area contributed by atoms with Gasteiger partial charge in [-0.25, -0.2) is 4.79 Å². The van der Waals surface area contributed by atoms with Gasteiger partial charge in [-0.05, 0) is 24.0 Å². The minimum absolute atomic E-state index is 0.181. The molecule has 1 rings (SSSR count).